The number of hydrogen-bond acceptors (Lipinski definition) is 2. The lowest BCUT2D eigenvalue weighted by Gasteiger charge is -2.00. The molecule has 2 unspecified atom stereocenters. The molecule has 1 aliphatic rings. The van der Waals surface area contributed by atoms with Crippen LogP contribution in [-0.2, 0) is 6.54 Å². The monoisotopic (exact) mass is 165 g/mol. The first-order valence-corrected chi connectivity index (χ1v) is 4.54. The third-order valence-electron chi connectivity index (χ3n) is 2.55. The number of imidazole rings is 1. The van der Waals surface area contributed by atoms with Crippen LogP contribution in [0.1, 0.15) is 19.0 Å². The molecule has 0 amide bonds. The summed E-state index contributed by atoms with van der Waals surface area (Å²) in [6.07, 6.45) is 4.98. The van der Waals surface area contributed by atoms with Gasteiger partial charge in [-0.1, -0.05) is 6.92 Å². The summed E-state index contributed by atoms with van der Waals surface area (Å²) in [7, 11) is 0. The van der Waals surface area contributed by atoms with Crippen molar-refractivity contribution in [3.63, 3.8) is 0 Å². The quantitative estimate of drug-likeness (QED) is 0.702. The van der Waals surface area contributed by atoms with E-state index in [2.05, 4.69) is 22.2 Å². The molecule has 3 heteroatoms. The third-order valence-corrected chi connectivity index (χ3v) is 2.55. The van der Waals surface area contributed by atoms with Crippen molar-refractivity contribution >= 4 is 0 Å². The van der Waals surface area contributed by atoms with Crippen LogP contribution in [0.15, 0.2) is 12.5 Å². The Balaban J connectivity index is 1.63. The van der Waals surface area contributed by atoms with Crippen LogP contribution >= 0.6 is 0 Å². The summed E-state index contributed by atoms with van der Waals surface area (Å²) in [5.74, 6) is 1.87. The molecule has 0 bridgehead atoms. The largest absolute Gasteiger partial charge is 0.347 e. The van der Waals surface area contributed by atoms with Gasteiger partial charge in [0.15, 0.2) is 0 Å². The number of aromatic amines is 1. The number of aromatic nitrogens is 2. The summed E-state index contributed by atoms with van der Waals surface area (Å²) in [6.45, 7) is 4.38. The highest BCUT2D eigenvalue weighted by Crippen LogP contribution is 2.36. The van der Waals surface area contributed by atoms with Gasteiger partial charge in [0.05, 0.1) is 6.33 Å². The molecule has 1 aliphatic carbocycles. The van der Waals surface area contributed by atoms with Crippen molar-refractivity contribution in [2.75, 3.05) is 6.54 Å². The Kier molecular flexibility index (Phi) is 2.13. The normalized spacial score (nSPS) is 27.4. The van der Waals surface area contributed by atoms with E-state index in [4.69, 9.17) is 0 Å². The van der Waals surface area contributed by atoms with Crippen molar-refractivity contribution in [1.29, 1.82) is 0 Å². The van der Waals surface area contributed by atoms with Gasteiger partial charge in [0.2, 0.25) is 0 Å². The van der Waals surface area contributed by atoms with Crippen molar-refractivity contribution in [2.24, 2.45) is 11.8 Å². The van der Waals surface area contributed by atoms with Gasteiger partial charge in [0, 0.05) is 18.4 Å². The van der Waals surface area contributed by atoms with Crippen LogP contribution in [0.4, 0.5) is 0 Å². The topological polar surface area (TPSA) is 40.7 Å². The van der Waals surface area contributed by atoms with Gasteiger partial charge in [-0.15, -0.1) is 0 Å². The van der Waals surface area contributed by atoms with Gasteiger partial charge < -0.3 is 10.3 Å². The molecule has 12 heavy (non-hydrogen) atoms. The molecular weight excluding hydrogens is 150 g/mol. The van der Waals surface area contributed by atoms with Gasteiger partial charge in [-0.3, -0.25) is 0 Å². The Labute approximate surface area is 72.6 Å². The van der Waals surface area contributed by atoms with E-state index in [1.165, 1.54) is 12.1 Å². The summed E-state index contributed by atoms with van der Waals surface area (Å²) in [5.41, 5.74) is 1.17. The molecule has 0 radical (unpaired) electrons. The Hall–Kier alpha value is -0.830. The van der Waals surface area contributed by atoms with Gasteiger partial charge in [-0.2, -0.15) is 0 Å². The molecule has 1 fully saturated rings. The van der Waals surface area contributed by atoms with Crippen LogP contribution < -0.4 is 5.32 Å². The van der Waals surface area contributed by atoms with E-state index in [0.29, 0.717) is 0 Å². The Morgan fingerprint density at radius 2 is 2.58 bits per heavy atom. The standard InChI is InChI=1S/C9H15N3/c1-7-2-8(7)3-10-4-9-5-11-6-12-9/h5-8,10H,2-4H2,1H3,(H,11,12). The summed E-state index contributed by atoms with van der Waals surface area (Å²) in [6, 6.07) is 0. The summed E-state index contributed by atoms with van der Waals surface area (Å²) in [5, 5.41) is 3.41. The number of nitrogens with one attached hydrogen (secondary N) is 2. The zero-order chi connectivity index (χ0) is 8.39. The zero-order valence-electron chi connectivity index (χ0n) is 7.38. The first-order chi connectivity index (χ1) is 5.86. The molecule has 2 rings (SSSR count). The van der Waals surface area contributed by atoms with Crippen LogP contribution in [0.25, 0.3) is 0 Å². The predicted octanol–water partition coefficient (Wildman–Crippen LogP) is 1.16. The van der Waals surface area contributed by atoms with Gasteiger partial charge in [0.1, 0.15) is 0 Å². The molecule has 1 saturated carbocycles. The molecule has 0 aliphatic heterocycles. The maximum Gasteiger partial charge on any atom is 0.0922 e. The van der Waals surface area contributed by atoms with E-state index in [0.717, 1.165) is 24.9 Å². The van der Waals surface area contributed by atoms with Crippen LogP contribution in [0.5, 0.6) is 0 Å². The number of hydrogen-bond donors (Lipinski definition) is 2. The average Bonchev–Trinajstić information content (AvgIpc) is 2.58. The first kappa shape index (κ1) is 7.80. The van der Waals surface area contributed by atoms with Crippen molar-refractivity contribution in [2.45, 2.75) is 19.9 Å². The fourth-order valence-corrected chi connectivity index (χ4v) is 1.46. The minimum atomic E-state index is 0.920. The minimum Gasteiger partial charge on any atom is -0.347 e. The Morgan fingerprint density at radius 3 is 3.17 bits per heavy atom. The molecule has 1 aromatic rings. The Bertz CT molecular complexity index is 230. The average molecular weight is 165 g/mol. The smallest absolute Gasteiger partial charge is 0.0922 e. The van der Waals surface area contributed by atoms with E-state index in [-0.39, 0.29) is 0 Å². The fraction of sp³-hybridized carbons (Fsp3) is 0.667. The molecule has 0 spiro atoms. The van der Waals surface area contributed by atoms with E-state index < -0.39 is 0 Å². The molecule has 0 saturated heterocycles. The lowest BCUT2D eigenvalue weighted by Crippen LogP contribution is -2.16. The second-order valence-corrected chi connectivity index (χ2v) is 3.68. The van der Waals surface area contributed by atoms with Crippen LogP contribution in [0, 0.1) is 11.8 Å². The van der Waals surface area contributed by atoms with E-state index >= 15 is 0 Å². The fourth-order valence-electron chi connectivity index (χ4n) is 1.46. The second kappa shape index (κ2) is 3.27. The van der Waals surface area contributed by atoms with E-state index in [1.54, 1.807) is 6.33 Å². The van der Waals surface area contributed by atoms with E-state index in [1.807, 2.05) is 6.20 Å². The molecule has 3 nitrogen and oxygen atoms in total. The summed E-state index contributed by atoms with van der Waals surface area (Å²) in [4.78, 5) is 7.02. The molecule has 0 aromatic carbocycles. The lowest BCUT2D eigenvalue weighted by atomic mass is 10.3. The molecule has 1 aromatic heterocycles. The van der Waals surface area contributed by atoms with Crippen molar-refractivity contribution < 1.29 is 0 Å². The van der Waals surface area contributed by atoms with Crippen LogP contribution in [0.3, 0.4) is 0 Å². The van der Waals surface area contributed by atoms with Gasteiger partial charge >= 0.3 is 0 Å². The first-order valence-electron chi connectivity index (χ1n) is 4.54. The van der Waals surface area contributed by atoms with Gasteiger partial charge in [0.25, 0.3) is 0 Å². The van der Waals surface area contributed by atoms with Gasteiger partial charge in [-0.05, 0) is 24.8 Å². The molecule has 2 atom stereocenters. The maximum atomic E-state index is 3.95. The molecule has 66 valence electrons. The number of rotatable bonds is 4. The molecular formula is C9H15N3. The second-order valence-electron chi connectivity index (χ2n) is 3.68. The van der Waals surface area contributed by atoms with Crippen molar-refractivity contribution in [3.8, 4) is 0 Å². The van der Waals surface area contributed by atoms with Crippen molar-refractivity contribution in [3.05, 3.63) is 18.2 Å². The van der Waals surface area contributed by atoms with Gasteiger partial charge in [-0.25, -0.2) is 4.98 Å². The summed E-state index contributed by atoms with van der Waals surface area (Å²) < 4.78 is 0. The SMILES string of the molecule is CC1CC1CNCc1cnc[nH]1. The number of H-pyrrole nitrogens is 1. The van der Waals surface area contributed by atoms with E-state index in [9.17, 15) is 0 Å². The highest BCUT2D eigenvalue weighted by Gasteiger charge is 2.31. The Morgan fingerprint density at radius 1 is 1.75 bits per heavy atom. The maximum absolute atomic E-state index is 3.95. The third kappa shape index (κ3) is 1.85. The number of nitrogens with zero attached hydrogens (tertiary/aromatic N) is 1. The zero-order valence-corrected chi connectivity index (χ0v) is 7.38. The van der Waals surface area contributed by atoms with Crippen molar-refractivity contribution in [1.82, 2.24) is 15.3 Å². The minimum absolute atomic E-state index is 0.920. The van der Waals surface area contributed by atoms with Crippen LogP contribution in [0.2, 0.25) is 0 Å². The van der Waals surface area contributed by atoms with Crippen LogP contribution in [-0.4, -0.2) is 16.5 Å². The lowest BCUT2D eigenvalue weighted by molar-refractivity contribution is 0.606. The highest BCUT2D eigenvalue weighted by molar-refractivity contribution is 4.94. The molecule has 2 N–H and O–H groups in total. The predicted molar refractivity (Wildman–Crippen MR) is 47.6 cm³/mol. The molecule has 1 heterocycles. The highest BCUT2D eigenvalue weighted by atomic mass is 14.9. The summed E-state index contributed by atoms with van der Waals surface area (Å²) >= 11 is 0.